The van der Waals surface area contributed by atoms with Gasteiger partial charge in [0.1, 0.15) is 24.5 Å². The van der Waals surface area contributed by atoms with Crippen LogP contribution in [0.4, 0.5) is 0 Å². The van der Waals surface area contributed by atoms with Gasteiger partial charge in [0.2, 0.25) is 6.29 Å². The first kappa shape index (κ1) is 22.7. The van der Waals surface area contributed by atoms with E-state index in [4.69, 9.17) is 18.9 Å². The average molecular weight is 439 g/mol. The minimum Gasteiger partial charge on any atom is -0.489 e. The number of benzene rings is 2. The lowest BCUT2D eigenvalue weighted by molar-refractivity contribution is -0.156. The molecule has 3 rings (SSSR count). The van der Waals surface area contributed by atoms with Crippen LogP contribution in [0.15, 0.2) is 60.7 Å². The van der Waals surface area contributed by atoms with E-state index >= 15 is 0 Å². The number of esters is 2. The maximum Gasteiger partial charge on any atom is 0.336 e. The van der Waals surface area contributed by atoms with Crippen LogP contribution in [0.25, 0.3) is 21.8 Å². The molecule has 0 aliphatic carbocycles. The average Bonchev–Trinajstić information content (AvgIpc) is 3.04. The molecule has 0 radical (unpaired) electrons. The van der Waals surface area contributed by atoms with E-state index in [9.17, 15) is 14.8 Å². The predicted octanol–water partition coefficient (Wildman–Crippen LogP) is 4.37. The summed E-state index contributed by atoms with van der Waals surface area (Å²) in [6.07, 6.45) is -0.901. The summed E-state index contributed by atoms with van der Waals surface area (Å²) in [5.74, 6) is -0.227. The van der Waals surface area contributed by atoms with Crippen molar-refractivity contribution in [3.8, 4) is 11.5 Å². The Morgan fingerprint density at radius 2 is 1.66 bits per heavy atom. The summed E-state index contributed by atoms with van der Waals surface area (Å²) in [6.45, 7) is 11.9. The van der Waals surface area contributed by atoms with Crippen LogP contribution in [0.3, 0.4) is 0 Å². The summed E-state index contributed by atoms with van der Waals surface area (Å²) in [7, 11) is 0. The SMILES string of the molecule is C=C(C)C(=O)OCCOc1cccc2c1c1cccc(OC(C)OC(=O)C(=C)C)c1n2O. The van der Waals surface area contributed by atoms with E-state index in [1.807, 2.05) is 6.07 Å². The molecule has 1 aromatic heterocycles. The Bertz CT molecular complexity index is 1210. The van der Waals surface area contributed by atoms with Crippen molar-refractivity contribution in [2.75, 3.05) is 13.2 Å². The van der Waals surface area contributed by atoms with Gasteiger partial charge < -0.3 is 24.2 Å². The fourth-order valence-corrected chi connectivity index (χ4v) is 3.11. The topological polar surface area (TPSA) is 96.2 Å². The first-order valence-corrected chi connectivity index (χ1v) is 9.94. The fourth-order valence-electron chi connectivity index (χ4n) is 3.11. The van der Waals surface area contributed by atoms with Gasteiger partial charge in [-0.15, -0.1) is 0 Å². The quantitative estimate of drug-likeness (QED) is 0.174. The molecule has 0 saturated carbocycles. The third kappa shape index (κ3) is 4.69. The molecule has 3 aromatic rings. The third-order valence-electron chi connectivity index (χ3n) is 4.55. The molecule has 8 heteroatoms. The zero-order valence-electron chi connectivity index (χ0n) is 18.2. The number of ether oxygens (including phenoxy) is 4. The van der Waals surface area contributed by atoms with Crippen molar-refractivity contribution in [2.24, 2.45) is 0 Å². The molecule has 8 nitrogen and oxygen atoms in total. The van der Waals surface area contributed by atoms with Gasteiger partial charge in [-0.05, 0) is 32.0 Å². The second kappa shape index (κ2) is 9.47. The lowest BCUT2D eigenvalue weighted by atomic mass is 10.1. The van der Waals surface area contributed by atoms with Crippen LogP contribution in [0.2, 0.25) is 0 Å². The van der Waals surface area contributed by atoms with Crippen LogP contribution < -0.4 is 9.47 Å². The zero-order valence-corrected chi connectivity index (χ0v) is 18.2. The maximum atomic E-state index is 11.8. The van der Waals surface area contributed by atoms with Crippen molar-refractivity contribution in [3.63, 3.8) is 0 Å². The number of carbonyl (C=O) groups is 2. The molecule has 1 atom stereocenters. The monoisotopic (exact) mass is 439 g/mol. The molecule has 0 aliphatic rings. The van der Waals surface area contributed by atoms with Gasteiger partial charge in [-0.3, -0.25) is 0 Å². The Morgan fingerprint density at radius 1 is 1.00 bits per heavy atom. The Hall–Kier alpha value is -3.94. The van der Waals surface area contributed by atoms with Gasteiger partial charge >= 0.3 is 11.9 Å². The van der Waals surface area contributed by atoms with E-state index in [0.29, 0.717) is 38.9 Å². The molecule has 0 amide bonds. The second-order valence-corrected chi connectivity index (χ2v) is 7.25. The predicted molar refractivity (Wildman–Crippen MR) is 119 cm³/mol. The highest BCUT2D eigenvalue weighted by atomic mass is 16.7. The van der Waals surface area contributed by atoms with E-state index < -0.39 is 18.2 Å². The fraction of sp³-hybridized carbons (Fsp3) is 0.250. The molecule has 0 saturated heterocycles. The molecule has 0 fully saturated rings. The van der Waals surface area contributed by atoms with Crippen LogP contribution >= 0.6 is 0 Å². The van der Waals surface area contributed by atoms with E-state index in [-0.39, 0.29) is 18.8 Å². The van der Waals surface area contributed by atoms with Crippen molar-refractivity contribution < 1.29 is 33.7 Å². The number of nitrogens with zero attached hydrogens (tertiary/aromatic N) is 1. The maximum absolute atomic E-state index is 11.8. The minimum absolute atomic E-state index is 0.0554. The van der Waals surface area contributed by atoms with Crippen molar-refractivity contribution in [2.45, 2.75) is 27.1 Å². The van der Waals surface area contributed by atoms with Crippen LogP contribution in [0.1, 0.15) is 20.8 Å². The molecule has 0 bridgehead atoms. The highest BCUT2D eigenvalue weighted by Crippen LogP contribution is 2.39. The van der Waals surface area contributed by atoms with Crippen molar-refractivity contribution in [1.29, 1.82) is 0 Å². The van der Waals surface area contributed by atoms with Crippen molar-refractivity contribution in [1.82, 2.24) is 4.73 Å². The summed E-state index contributed by atoms with van der Waals surface area (Å²) in [5.41, 5.74) is 1.46. The lowest BCUT2D eigenvalue weighted by Crippen LogP contribution is -2.21. The van der Waals surface area contributed by atoms with Crippen molar-refractivity contribution >= 4 is 33.7 Å². The first-order valence-electron chi connectivity index (χ1n) is 9.94. The number of carbonyl (C=O) groups excluding carboxylic acids is 2. The zero-order chi connectivity index (χ0) is 23.4. The van der Waals surface area contributed by atoms with Gasteiger partial charge in [0.15, 0.2) is 5.75 Å². The van der Waals surface area contributed by atoms with Gasteiger partial charge in [0.25, 0.3) is 0 Å². The molecule has 0 aliphatic heterocycles. The first-order chi connectivity index (χ1) is 15.2. The summed E-state index contributed by atoms with van der Waals surface area (Å²) < 4.78 is 22.8. The number of aromatic nitrogens is 1. The molecule has 0 spiro atoms. The highest BCUT2D eigenvalue weighted by molar-refractivity contribution is 6.12. The summed E-state index contributed by atoms with van der Waals surface area (Å²) in [5, 5.41) is 12.2. The largest absolute Gasteiger partial charge is 0.489 e. The molecule has 1 heterocycles. The van der Waals surface area contributed by atoms with Gasteiger partial charge in [-0.1, -0.05) is 31.4 Å². The molecule has 2 aromatic carbocycles. The Kier molecular flexibility index (Phi) is 6.73. The van der Waals surface area contributed by atoms with E-state index in [2.05, 4.69) is 13.2 Å². The standard InChI is InChI=1S/C24H25NO7/c1-14(2)23(26)30-13-12-29-19-10-7-9-18-21(19)17-8-6-11-20(22(17)25(18)28)31-16(5)32-24(27)15(3)4/h6-11,16,28H,1,3,12-13H2,2,4-5H3. The van der Waals surface area contributed by atoms with Gasteiger partial charge in [0.05, 0.1) is 10.9 Å². The number of rotatable bonds is 9. The lowest BCUT2D eigenvalue weighted by Gasteiger charge is -2.16. The van der Waals surface area contributed by atoms with Gasteiger partial charge in [-0.25, -0.2) is 9.59 Å². The molecule has 32 heavy (non-hydrogen) atoms. The molecular formula is C24H25NO7. The van der Waals surface area contributed by atoms with E-state index in [0.717, 1.165) is 4.73 Å². The van der Waals surface area contributed by atoms with Crippen LogP contribution in [0, 0.1) is 0 Å². The van der Waals surface area contributed by atoms with Gasteiger partial charge in [0, 0.05) is 23.5 Å². The minimum atomic E-state index is -0.901. The Morgan fingerprint density at radius 3 is 2.34 bits per heavy atom. The van der Waals surface area contributed by atoms with Crippen LogP contribution in [0.5, 0.6) is 11.5 Å². The summed E-state index contributed by atoms with van der Waals surface area (Å²) in [6, 6.07) is 10.5. The van der Waals surface area contributed by atoms with Gasteiger partial charge in [-0.2, -0.15) is 4.73 Å². The van der Waals surface area contributed by atoms with E-state index in [1.165, 1.54) is 0 Å². The van der Waals surface area contributed by atoms with Crippen molar-refractivity contribution in [3.05, 3.63) is 60.7 Å². The third-order valence-corrected chi connectivity index (χ3v) is 4.55. The molecule has 168 valence electrons. The Labute approximate surface area is 185 Å². The van der Waals surface area contributed by atoms with Crippen LogP contribution in [-0.2, 0) is 19.1 Å². The van der Waals surface area contributed by atoms with E-state index in [1.54, 1.807) is 51.1 Å². The summed E-state index contributed by atoms with van der Waals surface area (Å²) >= 11 is 0. The molecular weight excluding hydrogens is 414 g/mol. The second-order valence-electron chi connectivity index (χ2n) is 7.25. The number of hydrogen-bond donors (Lipinski definition) is 1. The molecule has 1 N–H and O–H groups in total. The summed E-state index contributed by atoms with van der Waals surface area (Å²) in [4.78, 5) is 23.3. The number of para-hydroxylation sites is 1. The smallest absolute Gasteiger partial charge is 0.336 e. The highest BCUT2D eigenvalue weighted by Gasteiger charge is 2.20. The number of fused-ring (bicyclic) bond motifs is 3. The number of hydrogen-bond acceptors (Lipinski definition) is 7. The molecule has 1 unspecified atom stereocenters. The Balaban J connectivity index is 1.89. The van der Waals surface area contributed by atoms with Crippen LogP contribution in [-0.4, -0.2) is 41.4 Å². The normalized spacial score (nSPS) is 11.7.